The van der Waals surface area contributed by atoms with E-state index in [9.17, 15) is 13.2 Å². The summed E-state index contributed by atoms with van der Waals surface area (Å²) < 4.78 is 32.5. The number of piperidine rings is 1. The SMILES string of the molecule is COc1ccc(S(=O)(=O)N2CCC(C(=O)NC(C)C(C)C)CC2)c(C)c1. The molecule has 0 radical (unpaired) electrons. The van der Waals surface area contributed by atoms with Crippen LogP contribution in [-0.4, -0.2) is 44.9 Å². The first-order valence-electron chi connectivity index (χ1n) is 9.12. The third-order valence-corrected chi connectivity index (χ3v) is 7.25. The molecule has 146 valence electrons. The summed E-state index contributed by atoms with van der Waals surface area (Å²) in [6.07, 6.45) is 1.09. The summed E-state index contributed by atoms with van der Waals surface area (Å²) >= 11 is 0. The molecule has 1 N–H and O–H groups in total. The van der Waals surface area contributed by atoms with Gasteiger partial charge < -0.3 is 10.1 Å². The summed E-state index contributed by atoms with van der Waals surface area (Å²) in [5.41, 5.74) is 0.662. The van der Waals surface area contributed by atoms with Crippen LogP contribution in [0, 0.1) is 18.8 Å². The maximum absolute atomic E-state index is 12.9. The van der Waals surface area contributed by atoms with Crippen molar-refractivity contribution in [2.45, 2.75) is 51.5 Å². The largest absolute Gasteiger partial charge is 0.497 e. The number of sulfonamides is 1. The zero-order valence-electron chi connectivity index (χ0n) is 16.3. The highest BCUT2D eigenvalue weighted by atomic mass is 32.2. The lowest BCUT2D eigenvalue weighted by Crippen LogP contribution is -2.45. The first-order chi connectivity index (χ1) is 12.2. The Bertz CT molecular complexity index is 738. The molecule has 0 saturated carbocycles. The summed E-state index contributed by atoms with van der Waals surface area (Å²) in [5.74, 6) is 0.914. The van der Waals surface area contributed by atoms with Crippen molar-refractivity contribution in [2.75, 3.05) is 20.2 Å². The van der Waals surface area contributed by atoms with Gasteiger partial charge in [0.1, 0.15) is 5.75 Å². The normalized spacial score (nSPS) is 17.9. The Balaban J connectivity index is 2.03. The Morgan fingerprint density at radius 3 is 2.35 bits per heavy atom. The van der Waals surface area contributed by atoms with Gasteiger partial charge >= 0.3 is 0 Å². The van der Waals surface area contributed by atoms with Crippen LogP contribution >= 0.6 is 0 Å². The Hall–Kier alpha value is -1.60. The Morgan fingerprint density at radius 2 is 1.85 bits per heavy atom. The molecule has 2 rings (SSSR count). The van der Waals surface area contributed by atoms with E-state index in [2.05, 4.69) is 19.2 Å². The summed E-state index contributed by atoms with van der Waals surface area (Å²) in [7, 11) is -2.00. The average Bonchev–Trinajstić information content (AvgIpc) is 2.61. The number of carbonyl (C=O) groups is 1. The molecule has 0 aromatic heterocycles. The highest BCUT2D eigenvalue weighted by molar-refractivity contribution is 7.89. The maximum Gasteiger partial charge on any atom is 0.243 e. The summed E-state index contributed by atoms with van der Waals surface area (Å²) in [6, 6.07) is 5.09. The second kappa shape index (κ2) is 8.39. The fourth-order valence-electron chi connectivity index (χ4n) is 3.04. The molecule has 0 bridgehead atoms. The second-order valence-corrected chi connectivity index (χ2v) is 9.26. The first-order valence-corrected chi connectivity index (χ1v) is 10.6. The van der Waals surface area contributed by atoms with Gasteiger partial charge in [0.15, 0.2) is 0 Å². The molecule has 1 atom stereocenters. The van der Waals surface area contributed by atoms with Crippen LogP contribution in [0.3, 0.4) is 0 Å². The van der Waals surface area contributed by atoms with E-state index in [-0.39, 0.29) is 17.9 Å². The number of rotatable bonds is 6. The predicted molar refractivity (Wildman–Crippen MR) is 102 cm³/mol. The summed E-state index contributed by atoms with van der Waals surface area (Å²) in [6.45, 7) is 8.62. The molecular weight excluding hydrogens is 352 g/mol. The molecule has 1 fully saturated rings. The van der Waals surface area contributed by atoms with Gasteiger partial charge in [-0.05, 0) is 56.4 Å². The minimum atomic E-state index is -3.56. The zero-order valence-corrected chi connectivity index (χ0v) is 17.1. The van der Waals surface area contributed by atoms with Gasteiger partial charge in [0.2, 0.25) is 15.9 Å². The van der Waals surface area contributed by atoms with Gasteiger partial charge in [0.25, 0.3) is 0 Å². The fourth-order valence-corrected chi connectivity index (χ4v) is 4.72. The molecule has 26 heavy (non-hydrogen) atoms. The standard InChI is InChI=1S/C19H30N2O4S/c1-13(2)15(4)20-19(22)16-8-10-21(11-9-16)26(23,24)18-7-6-17(25-5)12-14(18)3/h6-7,12-13,15-16H,8-11H2,1-5H3,(H,20,22). The number of amides is 1. The van der Waals surface area contributed by atoms with E-state index >= 15 is 0 Å². The molecule has 1 aromatic carbocycles. The van der Waals surface area contributed by atoms with Crippen molar-refractivity contribution in [3.8, 4) is 5.75 Å². The number of carbonyl (C=O) groups excluding carboxylic acids is 1. The van der Waals surface area contributed by atoms with Crippen LogP contribution in [0.5, 0.6) is 5.75 Å². The van der Waals surface area contributed by atoms with Crippen LogP contribution in [0.25, 0.3) is 0 Å². The van der Waals surface area contributed by atoms with E-state index < -0.39 is 10.0 Å². The van der Waals surface area contributed by atoms with E-state index in [0.717, 1.165) is 0 Å². The number of aryl methyl sites for hydroxylation is 1. The number of benzene rings is 1. The molecule has 0 aliphatic carbocycles. The van der Waals surface area contributed by atoms with E-state index in [1.807, 2.05) is 6.92 Å². The van der Waals surface area contributed by atoms with Gasteiger partial charge in [-0.1, -0.05) is 13.8 Å². The van der Waals surface area contributed by atoms with E-state index in [0.29, 0.717) is 48.1 Å². The van der Waals surface area contributed by atoms with Crippen molar-refractivity contribution in [3.05, 3.63) is 23.8 Å². The topological polar surface area (TPSA) is 75.7 Å². The van der Waals surface area contributed by atoms with Gasteiger partial charge in [-0.25, -0.2) is 8.42 Å². The second-order valence-electron chi connectivity index (χ2n) is 7.35. The van der Waals surface area contributed by atoms with Crippen molar-refractivity contribution in [1.29, 1.82) is 0 Å². The average molecular weight is 383 g/mol. The lowest BCUT2D eigenvalue weighted by molar-refractivity contribution is -0.127. The molecule has 7 heteroatoms. The van der Waals surface area contributed by atoms with Crippen molar-refractivity contribution < 1.29 is 17.9 Å². The number of nitrogens with zero attached hydrogens (tertiary/aromatic N) is 1. The number of hydrogen-bond acceptors (Lipinski definition) is 4. The number of nitrogens with one attached hydrogen (secondary N) is 1. The molecule has 1 aromatic rings. The molecule has 0 spiro atoms. The van der Waals surface area contributed by atoms with E-state index in [1.165, 1.54) is 4.31 Å². The molecule has 1 unspecified atom stereocenters. The predicted octanol–water partition coefficient (Wildman–Crippen LogP) is 2.57. The van der Waals surface area contributed by atoms with Crippen molar-refractivity contribution >= 4 is 15.9 Å². The number of hydrogen-bond donors (Lipinski definition) is 1. The van der Waals surface area contributed by atoms with E-state index in [4.69, 9.17) is 4.74 Å². The molecule has 1 heterocycles. The number of ether oxygens (including phenoxy) is 1. The van der Waals surface area contributed by atoms with E-state index in [1.54, 1.807) is 32.2 Å². The molecule has 1 amide bonds. The van der Waals surface area contributed by atoms with Gasteiger partial charge in [0, 0.05) is 25.0 Å². The summed E-state index contributed by atoms with van der Waals surface area (Å²) in [4.78, 5) is 12.7. The molecule has 1 aliphatic rings. The highest BCUT2D eigenvalue weighted by Crippen LogP contribution is 2.28. The smallest absolute Gasteiger partial charge is 0.243 e. The Labute approximate surface area is 157 Å². The van der Waals surface area contributed by atoms with Crippen molar-refractivity contribution in [3.63, 3.8) is 0 Å². The Kier molecular flexibility index (Phi) is 6.69. The lowest BCUT2D eigenvalue weighted by atomic mass is 9.96. The van der Waals surface area contributed by atoms with Crippen LogP contribution in [0.1, 0.15) is 39.2 Å². The minimum absolute atomic E-state index is 0.0314. The van der Waals surface area contributed by atoms with Crippen LogP contribution in [-0.2, 0) is 14.8 Å². The summed E-state index contributed by atoms with van der Waals surface area (Å²) in [5, 5.41) is 3.04. The van der Waals surface area contributed by atoms with Crippen LogP contribution in [0.2, 0.25) is 0 Å². The maximum atomic E-state index is 12.9. The van der Waals surface area contributed by atoms with Gasteiger partial charge in [0.05, 0.1) is 12.0 Å². The molecule has 1 saturated heterocycles. The first kappa shape index (κ1) is 20.7. The number of methoxy groups -OCH3 is 1. The molecule has 1 aliphatic heterocycles. The van der Waals surface area contributed by atoms with Crippen molar-refractivity contribution in [2.24, 2.45) is 11.8 Å². The van der Waals surface area contributed by atoms with Crippen molar-refractivity contribution in [1.82, 2.24) is 9.62 Å². The molecular formula is C19H30N2O4S. The third-order valence-electron chi connectivity index (χ3n) is 5.19. The van der Waals surface area contributed by atoms with Gasteiger partial charge in [-0.3, -0.25) is 4.79 Å². The third kappa shape index (κ3) is 4.57. The minimum Gasteiger partial charge on any atom is -0.497 e. The quantitative estimate of drug-likeness (QED) is 0.820. The highest BCUT2D eigenvalue weighted by Gasteiger charge is 2.33. The zero-order chi connectivity index (χ0) is 19.5. The van der Waals surface area contributed by atoms with Crippen LogP contribution in [0.15, 0.2) is 23.1 Å². The van der Waals surface area contributed by atoms with Gasteiger partial charge in [-0.15, -0.1) is 0 Å². The van der Waals surface area contributed by atoms with Crippen LogP contribution < -0.4 is 10.1 Å². The Morgan fingerprint density at radius 1 is 1.23 bits per heavy atom. The molecule has 6 nitrogen and oxygen atoms in total. The fraction of sp³-hybridized carbons (Fsp3) is 0.632. The van der Waals surface area contributed by atoms with Gasteiger partial charge in [-0.2, -0.15) is 4.31 Å². The van der Waals surface area contributed by atoms with Crippen LogP contribution in [0.4, 0.5) is 0 Å². The monoisotopic (exact) mass is 382 g/mol. The lowest BCUT2D eigenvalue weighted by Gasteiger charge is -2.32.